The van der Waals surface area contributed by atoms with Crippen molar-refractivity contribution in [3.63, 3.8) is 0 Å². The summed E-state index contributed by atoms with van der Waals surface area (Å²) in [5.74, 6) is -0.331. The van der Waals surface area contributed by atoms with Gasteiger partial charge in [-0.2, -0.15) is 0 Å². The zero-order valence-corrected chi connectivity index (χ0v) is 18.3. The maximum Gasteiger partial charge on any atom is 0.257 e. The highest BCUT2D eigenvalue weighted by atomic mass is 35.5. The van der Waals surface area contributed by atoms with Gasteiger partial charge in [-0.25, -0.2) is 0 Å². The summed E-state index contributed by atoms with van der Waals surface area (Å²) < 4.78 is 0. The normalized spacial score (nSPS) is 11.4. The highest BCUT2D eigenvalue weighted by Crippen LogP contribution is 2.18. The van der Waals surface area contributed by atoms with Crippen molar-refractivity contribution in [3.8, 4) is 0 Å². The number of pyridine rings is 1. The molecule has 8 heteroatoms. The van der Waals surface area contributed by atoms with Gasteiger partial charge in [0.1, 0.15) is 0 Å². The molecule has 5 N–H and O–H groups in total. The molecule has 0 bridgehead atoms. The number of carbonyl (C=O) groups excluding carboxylic acids is 1. The number of aliphatic hydroxyl groups is 1. The molecule has 0 unspecified atom stereocenters. The van der Waals surface area contributed by atoms with Crippen LogP contribution in [0.25, 0.3) is 0 Å². The summed E-state index contributed by atoms with van der Waals surface area (Å²) in [6.45, 7) is 7.94. The van der Waals surface area contributed by atoms with E-state index in [1.165, 1.54) is 6.20 Å². The summed E-state index contributed by atoms with van der Waals surface area (Å²) in [5, 5.41) is 15.8. The molecular formula is C23H28ClN5O2. The first-order chi connectivity index (χ1) is 15.0. The number of nitrogens with two attached hydrogens (primary N) is 1. The fraction of sp³-hybridized carbons (Fsp3) is 0.261. The smallest absolute Gasteiger partial charge is 0.257 e. The Hall–Kier alpha value is -2.84. The van der Waals surface area contributed by atoms with Crippen molar-refractivity contribution < 1.29 is 9.90 Å². The van der Waals surface area contributed by atoms with Gasteiger partial charge in [-0.05, 0) is 41.3 Å². The fourth-order valence-electron chi connectivity index (χ4n) is 2.86. The van der Waals surface area contributed by atoms with Gasteiger partial charge >= 0.3 is 0 Å². The lowest BCUT2D eigenvalue weighted by Gasteiger charge is -2.10. The molecule has 1 aromatic heterocycles. The number of aliphatic imine (C=N–C) groups is 1. The zero-order valence-electron chi connectivity index (χ0n) is 17.6. The van der Waals surface area contributed by atoms with Crippen LogP contribution in [0.4, 0.5) is 0 Å². The molecule has 0 fully saturated rings. The molecule has 0 aliphatic carbocycles. The van der Waals surface area contributed by atoms with Crippen molar-refractivity contribution in [1.82, 2.24) is 15.6 Å². The molecule has 1 aromatic carbocycles. The van der Waals surface area contributed by atoms with Gasteiger partial charge in [0.15, 0.2) is 0 Å². The van der Waals surface area contributed by atoms with Crippen LogP contribution in [0.1, 0.15) is 32.6 Å². The average Bonchev–Trinajstić information content (AvgIpc) is 2.75. The number of benzene rings is 1. The number of aliphatic hydroxyl groups excluding tert-OH is 1. The van der Waals surface area contributed by atoms with Crippen molar-refractivity contribution in [2.75, 3.05) is 13.1 Å². The Bertz CT molecular complexity index is 952. The third-order valence-electron chi connectivity index (χ3n) is 4.49. The molecule has 2 aromatic rings. The molecule has 0 aliphatic heterocycles. The third kappa shape index (κ3) is 7.73. The molecular weight excluding hydrogens is 414 g/mol. The quantitative estimate of drug-likeness (QED) is 0.243. The highest BCUT2D eigenvalue weighted by Gasteiger charge is 2.13. The average molecular weight is 442 g/mol. The van der Waals surface area contributed by atoms with Gasteiger partial charge in [0.05, 0.1) is 23.7 Å². The van der Waals surface area contributed by atoms with Crippen molar-refractivity contribution in [3.05, 3.63) is 87.9 Å². The van der Waals surface area contributed by atoms with Gasteiger partial charge < -0.3 is 21.5 Å². The van der Waals surface area contributed by atoms with E-state index in [0.717, 1.165) is 16.7 Å². The summed E-state index contributed by atoms with van der Waals surface area (Å²) in [5.41, 5.74) is 10.1. The second-order valence-electron chi connectivity index (χ2n) is 6.85. The predicted molar refractivity (Wildman–Crippen MR) is 125 cm³/mol. The number of hydrogen-bond acceptors (Lipinski definition) is 6. The van der Waals surface area contributed by atoms with Crippen molar-refractivity contribution in [1.29, 1.82) is 0 Å². The van der Waals surface area contributed by atoms with E-state index < -0.39 is 0 Å². The molecule has 0 radical (unpaired) electrons. The van der Waals surface area contributed by atoms with E-state index in [9.17, 15) is 9.90 Å². The first-order valence-electron chi connectivity index (χ1n) is 9.85. The van der Waals surface area contributed by atoms with Crippen LogP contribution in [0.15, 0.2) is 60.0 Å². The molecule has 1 heterocycles. The van der Waals surface area contributed by atoms with E-state index in [0.29, 0.717) is 48.0 Å². The summed E-state index contributed by atoms with van der Waals surface area (Å²) in [7, 11) is 0. The largest absolute Gasteiger partial charge is 0.392 e. The number of nitrogens with zero attached hydrogens (tertiary/aromatic N) is 2. The van der Waals surface area contributed by atoms with Crippen LogP contribution in [0.5, 0.6) is 0 Å². The predicted octanol–water partition coefficient (Wildman–Crippen LogP) is 2.65. The lowest BCUT2D eigenvalue weighted by atomic mass is 10.0. The molecule has 2 rings (SSSR count). The fourth-order valence-corrected chi connectivity index (χ4v) is 3.15. The second-order valence-corrected chi connectivity index (χ2v) is 7.26. The number of rotatable bonds is 11. The van der Waals surface area contributed by atoms with Crippen LogP contribution in [0.2, 0.25) is 5.02 Å². The number of aromatic nitrogens is 1. The number of aryl methyl sites for hydroxylation is 1. The lowest BCUT2D eigenvalue weighted by molar-refractivity contribution is 0.0967. The topological polar surface area (TPSA) is 113 Å². The number of amides is 1. The standard InChI is InChI=1S/C23H28ClN5O2/c1-16-12-28-14-21(24)22(16)23(31)29-17(2)4-3-7-26-8-9-27-13-19-6-5-18(11-25)10-20(19)15-30/h3-7,10,12,14,27,30H,2,8-9,11,13,15,25H2,1H3,(H,29,31)/b4-3-,26-7-. The maximum atomic E-state index is 12.3. The first-order valence-corrected chi connectivity index (χ1v) is 10.2. The van der Waals surface area contributed by atoms with Gasteiger partial charge in [0.2, 0.25) is 0 Å². The number of carbonyl (C=O) groups is 1. The van der Waals surface area contributed by atoms with Gasteiger partial charge in [0.25, 0.3) is 5.91 Å². The Kier molecular flexibility index (Phi) is 10.1. The number of allylic oxidation sites excluding steroid dienone is 2. The van der Waals surface area contributed by atoms with E-state index >= 15 is 0 Å². The summed E-state index contributed by atoms with van der Waals surface area (Å²) in [6, 6.07) is 5.87. The number of hydrogen-bond donors (Lipinski definition) is 4. The van der Waals surface area contributed by atoms with E-state index in [1.807, 2.05) is 18.2 Å². The Morgan fingerprint density at radius 2 is 2.16 bits per heavy atom. The Labute approximate surface area is 187 Å². The molecule has 1 amide bonds. The van der Waals surface area contributed by atoms with Gasteiger partial charge in [-0.15, -0.1) is 0 Å². The molecule has 31 heavy (non-hydrogen) atoms. The monoisotopic (exact) mass is 441 g/mol. The Morgan fingerprint density at radius 1 is 1.35 bits per heavy atom. The molecule has 164 valence electrons. The van der Waals surface area contributed by atoms with E-state index in [-0.39, 0.29) is 12.5 Å². The van der Waals surface area contributed by atoms with E-state index in [4.69, 9.17) is 17.3 Å². The molecule has 0 saturated heterocycles. The highest BCUT2D eigenvalue weighted by molar-refractivity contribution is 6.33. The summed E-state index contributed by atoms with van der Waals surface area (Å²) in [6.07, 6.45) is 8.03. The van der Waals surface area contributed by atoms with Crippen LogP contribution in [0, 0.1) is 6.92 Å². The molecule has 0 saturated carbocycles. The minimum absolute atomic E-state index is 0.0127. The van der Waals surface area contributed by atoms with E-state index in [2.05, 4.69) is 27.2 Å². The Morgan fingerprint density at radius 3 is 2.87 bits per heavy atom. The number of nitrogens with one attached hydrogen (secondary N) is 2. The molecule has 0 spiro atoms. The van der Waals surface area contributed by atoms with Gasteiger partial charge in [0, 0.05) is 43.9 Å². The van der Waals surface area contributed by atoms with E-state index in [1.54, 1.807) is 31.5 Å². The van der Waals surface area contributed by atoms with Crippen molar-refractivity contribution in [2.45, 2.75) is 26.6 Å². The Balaban J connectivity index is 1.72. The lowest BCUT2D eigenvalue weighted by Crippen LogP contribution is -2.22. The van der Waals surface area contributed by atoms with Crippen molar-refractivity contribution in [2.24, 2.45) is 10.7 Å². The zero-order chi connectivity index (χ0) is 22.6. The second kappa shape index (κ2) is 12.8. The number of halogens is 1. The third-order valence-corrected chi connectivity index (χ3v) is 4.78. The van der Waals surface area contributed by atoms with Crippen LogP contribution in [0.3, 0.4) is 0 Å². The SMILES string of the molecule is C=C(/C=C\C=N/CCNCc1ccc(CN)cc1CO)NC(=O)c1c(C)cncc1Cl. The van der Waals surface area contributed by atoms with Crippen LogP contribution >= 0.6 is 11.6 Å². The first kappa shape index (κ1) is 24.4. The van der Waals surface area contributed by atoms with Gasteiger partial charge in [-0.3, -0.25) is 14.8 Å². The van der Waals surface area contributed by atoms with Crippen LogP contribution < -0.4 is 16.4 Å². The van der Waals surface area contributed by atoms with Crippen LogP contribution in [-0.4, -0.2) is 35.3 Å². The molecule has 0 atom stereocenters. The van der Waals surface area contributed by atoms with Gasteiger partial charge in [-0.1, -0.05) is 36.4 Å². The summed E-state index contributed by atoms with van der Waals surface area (Å²) in [4.78, 5) is 20.6. The molecule has 0 aliphatic rings. The maximum absolute atomic E-state index is 12.3. The minimum atomic E-state index is -0.331. The van der Waals surface area contributed by atoms with Crippen LogP contribution in [-0.2, 0) is 19.7 Å². The summed E-state index contributed by atoms with van der Waals surface area (Å²) >= 11 is 6.05. The van der Waals surface area contributed by atoms with Crippen molar-refractivity contribution >= 4 is 23.7 Å². The minimum Gasteiger partial charge on any atom is -0.392 e. The molecule has 7 nitrogen and oxygen atoms in total.